The summed E-state index contributed by atoms with van der Waals surface area (Å²) in [6.45, 7) is 4.87. The van der Waals surface area contributed by atoms with Crippen LogP contribution >= 0.6 is 0 Å². The molecule has 43 heavy (non-hydrogen) atoms. The van der Waals surface area contributed by atoms with Gasteiger partial charge < -0.3 is 29.2 Å². The Labute approximate surface area is 252 Å². The summed E-state index contributed by atoms with van der Waals surface area (Å²) in [6.07, 6.45) is -0.742. The van der Waals surface area contributed by atoms with Crippen molar-refractivity contribution < 1.29 is 32.5 Å². The SMILES string of the molecule is CCOC(=O)Oc1cc2cc(C[C@@H](C)NC[C@H](O)COc3ccccc3)ccc2n1Cc1ccc(S(=O)(=O)N(C)C)cc1. The first-order valence-corrected chi connectivity index (χ1v) is 15.6. The van der Waals surface area contributed by atoms with Crippen LogP contribution in [-0.4, -0.2) is 74.6 Å². The number of aromatic nitrogens is 1. The van der Waals surface area contributed by atoms with Crippen LogP contribution in [0.4, 0.5) is 4.79 Å². The lowest BCUT2D eigenvalue weighted by molar-refractivity contribution is 0.101. The zero-order chi connectivity index (χ0) is 31.0. The molecule has 2 N–H and O–H groups in total. The van der Waals surface area contributed by atoms with Crippen LogP contribution in [0, 0.1) is 0 Å². The maximum absolute atomic E-state index is 12.5. The van der Waals surface area contributed by atoms with Crippen LogP contribution in [0.15, 0.2) is 83.8 Å². The third-order valence-electron chi connectivity index (χ3n) is 6.85. The third kappa shape index (κ3) is 8.57. The maximum atomic E-state index is 12.5. The largest absolute Gasteiger partial charge is 0.515 e. The van der Waals surface area contributed by atoms with Gasteiger partial charge in [0.15, 0.2) is 0 Å². The minimum absolute atomic E-state index is 0.0816. The number of benzene rings is 3. The fraction of sp³-hybridized carbons (Fsp3) is 0.344. The number of ether oxygens (including phenoxy) is 3. The monoisotopic (exact) mass is 609 g/mol. The Hall–Kier alpha value is -3.90. The van der Waals surface area contributed by atoms with Gasteiger partial charge in [0.1, 0.15) is 18.5 Å². The number of nitrogens with one attached hydrogen (secondary N) is 1. The summed E-state index contributed by atoms with van der Waals surface area (Å²) in [5.41, 5.74) is 2.75. The lowest BCUT2D eigenvalue weighted by Crippen LogP contribution is -2.37. The molecule has 10 nitrogen and oxygen atoms in total. The topological polar surface area (TPSA) is 119 Å². The number of aliphatic hydroxyl groups is 1. The normalized spacial score (nSPS) is 13.2. The van der Waals surface area contributed by atoms with Crippen LogP contribution in [0.5, 0.6) is 11.6 Å². The second-order valence-electron chi connectivity index (χ2n) is 10.5. The van der Waals surface area contributed by atoms with E-state index >= 15 is 0 Å². The van der Waals surface area contributed by atoms with Gasteiger partial charge in [0, 0.05) is 38.1 Å². The number of carbonyl (C=O) groups is 1. The number of para-hydroxylation sites is 1. The summed E-state index contributed by atoms with van der Waals surface area (Å²) >= 11 is 0. The van der Waals surface area contributed by atoms with Gasteiger partial charge in [0.05, 0.1) is 23.6 Å². The molecule has 0 unspecified atom stereocenters. The predicted octanol–water partition coefficient (Wildman–Crippen LogP) is 4.44. The molecule has 4 aromatic rings. The molecule has 0 radical (unpaired) electrons. The Kier molecular flexibility index (Phi) is 10.8. The molecule has 0 aliphatic carbocycles. The highest BCUT2D eigenvalue weighted by molar-refractivity contribution is 7.89. The molecule has 0 spiro atoms. The van der Waals surface area contributed by atoms with Crippen LogP contribution in [0.25, 0.3) is 10.9 Å². The van der Waals surface area contributed by atoms with Crippen molar-refractivity contribution in [1.29, 1.82) is 0 Å². The van der Waals surface area contributed by atoms with Crippen molar-refractivity contribution >= 4 is 27.1 Å². The molecule has 1 aromatic heterocycles. The summed E-state index contributed by atoms with van der Waals surface area (Å²) in [5.74, 6) is 1.04. The number of nitrogens with zero attached hydrogens (tertiary/aromatic N) is 2. The molecular formula is C32H39N3O7S. The van der Waals surface area contributed by atoms with E-state index in [4.69, 9.17) is 14.2 Å². The van der Waals surface area contributed by atoms with Gasteiger partial charge in [-0.2, -0.15) is 0 Å². The van der Waals surface area contributed by atoms with Crippen LogP contribution in [0.2, 0.25) is 0 Å². The number of sulfonamides is 1. The lowest BCUT2D eigenvalue weighted by Gasteiger charge is -2.18. The Morgan fingerprint density at radius 2 is 1.70 bits per heavy atom. The molecule has 11 heteroatoms. The van der Waals surface area contributed by atoms with Crippen LogP contribution in [0.1, 0.15) is 25.0 Å². The molecule has 2 atom stereocenters. The molecular weight excluding hydrogens is 570 g/mol. The minimum atomic E-state index is -3.54. The van der Waals surface area contributed by atoms with Crippen molar-refractivity contribution in [2.45, 2.75) is 43.9 Å². The van der Waals surface area contributed by atoms with Crippen molar-refractivity contribution in [1.82, 2.24) is 14.2 Å². The van der Waals surface area contributed by atoms with E-state index in [1.165, 1.54) is 18.4 Å². The smallest absolute Gasteiger partial charge is 0.491 e. The first-order valence-electron chi connectivity index (χ1n) is 14.1. The highest BCUT2D eigenvalue weighted by Gasteiger charge is 2.19. The van der Waals surface area contributed by atoms with E-state index in [1.54, 1.807) is 37.3 Å². The fourth-order valence-electron chi connectivity index (χ4n) is 4.59. The van der Waals surface area contributed by atoms with Gasteiger partial charge >= 0.3 is 6.16 Å². The van der Waals surface area contributed by atoms with Gasteiger partial charge in [0.2, 0.25) is 15.9 Å². The fourth-order valence-corrected chi connectivity index (χ4v) is 5.50. The van der Waals surface area contributed by atoms with Crippen LogP contribution in [0.3, 0.4) is 0 Å². The number of carbonyl (C=O) groups excluding carboxylic acids is 1. The van der Waals surface area contributed by atoms with E-state index < -0.39 is 22.3 Å². The Bertz CT molecular complexity index is 1600. The summed E-state index contributed by atoms with van der Waals surface area (Å²) in [5, 5.41) is 14.6. The minimum Gasteiger partial charge on any atom is -0.491 e. The van der Waals surface area contributed by atoms with E-state index in [0.717, 1.165) is 27.8 Å². The molecule has 0 saturated carbocycles. The summed E-state index contributed by atoms with van der Waals surface area (Å²) < 4.78 is 44.1. The van der Waals surface area contributed by atoms with E-state index in [9.17, 15) is 18.3 Å². The van der Waals surface area contributed by atoms with Gasteiger partial charge in [-0.25, -0.2) is 17.5 Å². The van der Waals surface area contributed by atoms with E-state index in [0.29, 0.717) is 25.4 Å². The zero-order valence-corrected chi connectivity index (χ0v) is 25.7. The molecule has 1 heterocycles. The first-order chi connectivity index (χ1) is 20.6. The molecule has 230 valence electrons. The molecule has 0 aliphatic rings. The van der Waals surface area contributed by atoms with Crippen molar-refractivity contribution in [2.24, 2.45) is 0 Å². The van der Waals surface area contributed by atoms with Gasteiger partial charge in [-0.3, -0.25) is 0 Å². The van der Waals surface area contributed by atoms with Gasteiger partial charge in [0.25, 0.3) is 0 Å². The average Bonchev–Trinajstić information content (AvgIpc) is 3.31. The quantitative estimate of drug-likeness (QED) is 0.202. The Morgan fingerprint density at radius 3 is 2.37 bits per heavy atom. The molecule has 0 bridgehead atoms. The highest BCUT2D eigenvalue weighted by Crippen LogP contribution is 2.29. The number of rotatable bonds is 14. The molecule has 3 aromatic carbocycles. The summed E-state index contributed by atoms with van der Waals surface area (Å²) in [7, 11) is -0.562. The number of hydrogen-bond donors (Lipinski definition) is 2. The van der Waals surface area contributed by atoms with Crippen molar-refractivity contribution in [3.63, 3.8) is 0 Å². The molecule has 0 amide bonds. The first kappa shape index (κ1) is 32.0. The summed E-state index contributed by atoms with van der Waals surface area (Å²) in [6, 6.07) is 23.9. The van der Waals surface area contributed by atoms with Crippen LogP contribution < -0.4 is 14.8 Å². The van der Waals surface area contributed by atoms with E-state index in [2.05, 4.69) is 12.2 Å². The van der Waals surface area contributed by atoms with Crippen molar-refractivity contribution in [3.8, 4) is 11.6 Å². The van der Waals surface area contributed by atoms with Gasteiger partial charge in [-0.1, -0.05) is 36.4 Å². The third-order valence-corrected chi connectivity index (χ3v) is 8.68. The molecule has 0 saturated heterocycles. The van der Waals surface area contributed by atoms with Crippen molar-refractivity contribution in [2.75, 3.05) is 33.9 Å². The van der Waals surface area contributed by atoms with Gasteiger partial charge in [-0.15, -0.1) is 0 Å². The van der Waals surface area contributed by atoms with Gasteiger partial charge in [-0.05, 0) is 67.8 Å². The second kappa shape index (κ2) is 14.5. The number of fused-ring (bicyclic) bond motifs is 1. The molecule has 0 fully saturated rings. The summed E-state index contributed by atoms with van der Waals surface area (Å²) in [4.78, 5) is 12.4. The average molecular weight is 610 g/mol. The predicted molar refractivity (Wildman–Crippen MR) is 165 cm³/mol. The Morgan fingerprint density at radius 1 is 1.00 bits per heavy atom. The second-order valence-corrected chi connectivity index (χ2v) is 12.6. The maximum Gasteiger partial charge on any atom is 0.515 e. The highest BCUT2D eigenvalue weighted by atomic mass is 32.2. The zero-order valence-electron chi connectivity index (χ0n) is 24.9. The lowest BCUT2D eigenvalue weighted by atomic mass is 10.0. The molecule has 0 aliphatic heterocycles. The number of hydrogen-bond acceptors (Lipinski definition) is 8. The van der Waals surface area contributed by atoms with E-state index in [-0.39, 0.29) is 24.2 Å². The molecule has 4 rings (SSSR count). The van der Waals surface area contributed by atoms with Crippen molar-refractivity contribution in [3.05, 3.63) is 90.0 Å². The Balaban J connectivity index is 1.46. The van der Waals surface area contributed by atoms with Crippen LogP contribution in [-0.2, 0) is 27.7 Å². The standard InChI is InChI=1S/C32H39N3O7S/c1-5-40-32(37)42-31-19-26-18-25(17-23(2)33-20-27(36)22-41-28-9-7-6-8-10-28)13-16-30(26)35(31)21-24-11-14-29(15-12-24)43(38,39)34(3)4/h6-16,18-19,23,27,33,36H,5,17,20-22H2,1-4H3/t23-,27+/m1/s1. The number of aliphatic hydroxyl groups excluding tert-OH is 1. The van der Waals surface area contributed by atoms with E-state index in [1.807, 2.05) is 53.1 Å².